The number of amides is 1. The Bertz CT molecular complexity index is 546. The quantitative estimate of drug-likeness (QED) is 0.825. The average Bonchev–Trinajstić information content (AvgIpc) is 2.59. The van der Waals surface area contributed by atoms with E-state index in [-0.39, 0.29) is 11.9 Å². The summed E-state index contributed by atoms with van der Waals surface area (Å²) in [7, 11) is 0. The standard InChI is InChI=1S/C19H28BrN3O/c20-16-6-4-15(5-7-16)14-23-12-8-17(9-13-23)22-18(24)19(21)10-2-1-3-11-19/h4-7,17H,1-3,8-14,21H2,(H,22,24). The van der Waals surface area contributed by atoms with Crippen molar-refractivity contribution in [3.8, 4) is 0 Å². The van der Waals surface area contributed by atoms with Gasteiger partial charge >= 0.3 is 0 Å². The number of piperidine rings is 1. The van der Waals surface area contributed by atoms with Crippen LogP contribution < -0.4 is 11.1 Å². The van der Waals surface area contributed by atoms with Gasteiger partial charge in [-0.15, -0.1) is 0 Å². The Hall–Kier alpha value is -0.910. The fraction of sp³-hybridized carbons (Fsp3) is 0.632. The Morgan fingerprint density at radius 3 is 2.42 bits per heavy atom. The molecule has 1 heterocycles. The van der Waals surface area contributed by atoms with Gasteiger partial charge in [0.1, 0.15) is 0 Å². The van der Waals surface area contributed by atoms with Crippen molar-refractivity contribution in [2.45, 2.75) is 63.1 Å². The Kier molecular flexibility index (Phi) is 5.95. The molecular weight excluding hydrogens is 366 g/mol. The van der Waals surface area contributed by atoms with Gasteiger partial charge in [0.15, 0.2) is 0 Å². The number of carbonyl (C=O) groups excluding carboxylic acids is 1. The van der Waals surface area contributed by atoms with E-state index in [9.17, 15) is 4.79 Å². The molecule has 1 saturated carbocycles. The summed E-state index contributed by atoms with van der Waals surface area (Å²) in [4.78, 5) is 15.0. The summed E-state index contributed by atoms with van der Waals surface area (Å²) >= 11 is 3.47. The molecule has 1 aromatic rings. The van der Waals surface area contributed by atoms with Gasteiger partial charge in [0.2, 0.25) is 5.91 Å². The SMILES string of the molecule is NC1(C(=O)NC2CCN(Cc3ccc(Br)cc3)CC2)CCCCC1. The minimum atomic E-state index is -0.618. The van der Waals surface area contributed by atoms with Crippen LogP contribution in [0, 0.1) is 0 Å². The first-order valence-corrected chi connectivity index (χ1v) is 9.91. The maximum absolute atomic E-state index is 12.5. The zero-order valence-electron chi connectivity index (χ0n) is 14.3. The lowest BCUT2D eigenvalue weighted by Gasteiger charge is -2.36. The molecule has 0 aromatic heterocycles. The number of halogens is 1. The van der Waals surface area contributed by atoms with Gasteiger partial charge in [0.05, 0.1) is 5.54 Å². The number of likely N-dealkylation sites (tertiary alicyclic amines) is 1. The summed E-state index contributed by atoms with van der Waals surface area (Å²) in [5, 5.41) is 3.22. The number of rotatable bonds is 4. The van der Waals surface area contributed by atoms with E-state index in [0.29, 0.717) is 0 Å². The largest absolute Gasteiger partial charge is 0.352 e. The van der Waals surface area contributed by atoms with Crippen molar-refractivity contribution in [1.82, 2.24) is 10.2 Å². The molecule has 2 aliphatic rings. The summed E-state index contributed by atoms with van der Waals surface area (Å²) in [5.41, 5.74) is 7.05. The van der Waals surface area contributed by atoms with Gasteiger partial charge in [-0.1, -0.05) is 47.3 Å². The zero-order valence-corrected chi connectivity index (χ0v) is 15.9. The van der Waals surface area contributed by atoms with Crippen LogP contribution >= 0.6 is 15.9 Å². The Balaban J connectivity index is 1.45. The van der Waals surface area contributed by atoms with Crippen molar-refractivity contribution in [3.63, 3.8) is 0 Å². The summed E-state index contributed by atoms with van der Waals surface area (Å²) in [6.07, 6.45) is 7.06. The predicted octanol–water partition coefficient (Wildman–Crippen LogP) is 3.19. The topological polar surface area (TPSA) is 58.4 Å². The molecule has 3 N–H and O–H groups in total. The molecule has 5 heteroatoms. The molecule has 0 radical (unpaired) electrons. The van der Waals surface area contributed by atoms with E-state index in [1.165, 1.54) is 12.0 Å². The molecule has 0 spiro atoms. The molecule has 1 aliphatic carbocycles. The van der Waals surface area contributed by atoms with E-state index in [1.807, 2.05) is 0 Å². The van der Waals surface area contributed by atoms with Crippen molar-refractivity contribution in [1.29, 1.82) is 0 Å². The first-order valence-electron chi connectivity index (χ1n) is 9.12. The van der Waals surface area contributed by atoms with Crippen LogP contribution in [0.5, 0.6) is 0 Å². The fourth-order valence-corrected chi connectivity index (χ4v) is 4.09. The second-order valence-electron chi connectivity index (χ2n) is 7.37. The highest BCUT2D eigenvalue weighted by Crippen LogP contribution is 2.26. The van der Waals surface area contributed by atoms with Gasteiger partial charge < -0.3 is 11.1 Å². The van der Waals surface area contributed by atoms with Gasteiger partial charge in [-0.25, -0.2) is 0 Å². The van der Waals surface area contributed by atoms with E-state index < -0.39 is 5.54 Å². The van der Waals surface area contributed by atoms with Gasteiger partial charge in [-0.05, 0) is 43.4 Å². The molecule has 0 unspecified atom stereocenters. The van der Waals surface area contributed by atoms with Crippen LogP contribution in [0.3, 0.4) is 0 Å². The predicted molar refractivity (Wildman–Crippen MR) is 101 cm³/mol. The van der Waals surface area contributed by atoms with Crippen molar-refractivity contribution in [2.75, 3.05) is 13.1 Å². The second-order valence-corrected chi connectivity index (χ2v) is 8.28. The molecule has 4 nitrogen and oxygen atoms in total. The molecule has 0 bridgehead atoms. The van der Waals surface area contributed by atoms with Crippen LogP contribution in [0.15, 0.2) is 28.7 Å². The number of carbonyl (C=O) groups is 1. The van der Waals surface area contributed by atoms with Crippen LogP contribution in [0.1, 0.15) is 50.5 Å². The zero-order chi connectivity index (χ0) is 17.0. The highest BCUT2D eigenvalue weighted by Gasteiger charge is 2.36. The normalized spacial score (nSPS) is 22.2. The molecule has 24 heavy (non-hydrogen) atoms. The summed E-state index contributed by atoms with van der Waals surface area (Å²) in [6, 6.07) is 8.79. The van der Waals surface area contributed by atoms with Crippen molar-refractivity contribution in [2.24, 2.45) is 5.73 Å². The van der Waals surface area contributed by atoms with E-state index in [4.69, 9.17) is 5.73 Å². The Labute approximate surface area is 153 Å². The van der Waals surface area contributed by atoms with Crippen LogP contribution in [0.25, 0.3) is 0 Å². The smallest absolute Gasteiger partial charge is 0.240 e. The highest BCUT2D eigenvalue weighted by atomic mass is 79.9. The Morgan fingerprint density at radius 1 is 1.17 bits per heavy atom. The van der Waals surface area contributed by atoms with Crippen LogP contribution in [-0.2, 0) is 11.3 Å². The van der Waals surface area contributed by atoms with Gasteiger partial charge in [-0.3, -0.25) is 9.69 Å². The molecule has 1 saturated heterocycles. The maximum atomic E-state index is 12.5. The minimum Gasteiger partial charge on any atom is -0.352 e. The first kappa shape index (κ1) is 17.9. The van der Waals surface area contributed by atoms with Crippen LogP contribution in [0.2, 0.25) is 0 Å². The third-order valence-corrected chi connectivity index (χ3v) is 5.97. The third kappa shape index (κ3) is 4.58. The number of nitrogens with zero attached hydrogens (tertiary/aromatic N) is 1. The van der Waals surface area contributed by atoms with Crippen LogP contribution in [-0.4, -0.2) is 35.5 Å². The summed E-state index contributed by atoms with van der Waals surface area (Å²) in [5.74, 6) is 0.0774. The minimum absolute atomic E-state index is 0.0774. The lowest BCUT2D eigenvalue weighted by atomic mass is 9.81. The number of hydrogen-bond donors (Lipinski definition) is 2. The van der Waals surface area contributed by atoms with Crippen molar-refractivity contribution in [3.05, 3.63) is 34.3 Å². The molecule has 3 rings (SSSR count). The number of benzene rings is 1. The van der Waals surface area contributed by atoms with Crippen molar-refractivity contribution < 1.29 is 4.79 Å². The molecule has 0 atom stereocenters. The van der Waals surface area contributed by atoms with Gasteiger partial charge in [0, 0.05) is 30.1 Å². The molecule has 2 fully saturated rings. The molecular formula is C19H28BrN3O. The molecule has 1 aromatic carbocycles. The first-order chi connectivity index (χ1) is 11.5. The maximum Gasteiger partial charge on any atom is 0.240 e. The number of nitrogens with two attached hydrogens (primary N) is 1. The summed E-state index contributed by atoms with van der Waals surface area (Å²) < 4.78 is 1.12. The van der Waals surface area contributed by atoms with E-state index in [2.05, 4.69) is 50.4 Å². The fourth-order valence-electron chi connectivity index (χ4n) is 3.82. The monoisotopic (exact) mass is 393 g/mol. The molecule has 132 valence electrons. The number of nitrogens with one attached hydrogen (secondary N) is 1. The molecule has 1 aliphatic heterocycles. The van der Waals surface area contributed by atoms with E-state index >= 15 is 0 Å². The van der Waals surface area contributed by atoms with Crippen LogP contribution in [0.4, 0.5) is 0 Å². The average molecular weight is 394 g/mol. The van der Waals surface area contributed by atoms with Gasteiger partial charge in [0.25, 0.3) is 0 Å². The van der Waals surface area contributed by atoms with E-state index in [1.54, 1.807) is 0 Å². The van der Waals surface area contributed by atoms with Crippen molar-refractivity contribution >= 4 is 21.8 Å². The molecule has 1 amide bonds. The Morgan fingerprint density at radius 2 is 1.79 bits per heavy atom. The van der Waals surface area contributed by atoms with Gasteiger partial charge in [-0.2, -0.15) is 0 Å². The lowest BCUT2D eigenvalue weighted by molar-refractivity contribution is -0.128. The lowest BCUT2D eigenvalue weighted by Crippen LogP contribution is -2.58. The second kappa shape index (κ2) is 7.98. The van der Waals surface area contributed by atoms with E-state index in [0.717, 1.165) is 62.6 Å². The summed E-state index contributed by atoms with van der Waals surface area (Å²) in [6.45, 7) is 3.03. The third-order valence-electron chi connectivity index (χ3n) is 5.44. The number of hydrogen-bond acceptors (Lipinski definition) is 3. The highest BCUT2D eigenvalue weighted by molar-refractivity contribution is 9.10.